The van der Waals surface area contributed by atoms with E-state index in [1.165, 1.54) is 11.1 Å². The molecule has 0 bridgehead atoms. The first kappa shape index (κ1) is 9.83. The predicted octanol–water partition coefficient (Wildman–Crippen LogP) is 2.28. The van der Waals surface area contributed by atoms with Gasteiger partial charge in [-0.2, -0.15) is 0 Å². The van der Waals surface area contributed by atoms with Crippen LogP contribution in [0, 0.1) is 19.3 Å². The van der Waals surface area contributed by atoms with Crippen LogP contribution < -0.4 is 5.32 Å². The monoisotopic (exact) mass is 173 g/mol. The summed E-state index contributed by atoms with van der Waals surface area (Å²) in [5.41, 5.74) is 2.44. The van der Waals surface area contributed by atoms with Crippen molar-refractivity contribution in [1.29, 1.82) is 0 Å². The normalized spacial score (nSPS) is 12.1. The fourth-order valence-corrected chi connectivity index (χ4v) is 1.37. The van der Waals surface area contributed by atoms with Gasteiger partial charge in [-0.25, -0.2) is 0 Å². The summed E-state index contributed by atoms with van der Waals surface area (Å²) < 4.78 is 0. The molecule has 1 aromatic rings. The van der Waals surface area contributed by atoms with E-state index in [2.05, 4.69) is 37.2 Å². The van der Waals surface area contributed by atoms with E-state index >= 15 is 0 Å². The molecule has 0 aromatic heterocycles. The van der Waals surface area contributed by atoms with Crippen LogP contribution in [0.15, 0.2) is 24.3 Å². The zero-order valence-electron chi connectivity index (χ0n) is 8.17. The molecule has 0 heterocycles. The Balaban J connectivity index is 2.92. The second kappa shape index (κ2) is 4.69. The van der Waals surface area contributed by atoms with Crippen LogP contribution in [-0.2, 0) is 0 Å². The molecule has 68 valence electrons. The van der Waals surface area contributed by atoms with Gasteiger partial charge in [0.1, 0.15) is 0 Å². The first-order valence-electron chi connectivity index (χ1n) is 4.54. The van der Waals surface area contributed by atoms with Gasteiger partial charge >= 0.3 is 0 Å². The second-order valence-electron chi connectivity index (χ2n) is 3.01. The lowest BCUT2D eigenvalue weighted by Crippen LogP contribution is -2.19. The molecule has 0 aliphatic rings. The molecule has 0 saturated heterocycles. The summed E-state index contributed by atoms with van der Waals surface area (Å²) in [7, 11) is 0. The first-order chi connectivity index (χ1) is 6.29. The number of nitrogens with one attached hydrogen (secondary N) is 1. The SMILES string of the molecule is C#CC(NCC)c1ccccc1C. The molecule has 0 fully saturated rings. The van der Waals surface area contributed by atoms with Crippen LogP contribution in [0.3, 0.4) is 0 Å². The molecular weight excluding hydrogens is 158 g/mol. The van der Waals surface area contributed by atoms with Crippen molar-refractivity contribution in [2.24, 2.45) is 0 Å². The van der Waals surface area contributed by atoms with Gasteiger partial charge in [-0.15, -0.1) is 6.42 Å². The Morgan fingerprint density at radius 1 is 1.46 bits per heavy atom. The highest BCUT2D eigenvalue weighted by atomic mass is 14.9. The van der Waals surface area contributed by atoms with Crippen LogP contribution in [0.4, 0.5) is 0 Å². The third kappa shape index (κ3) is 2.34. The fourth-order valence-electron chi connectivity index (χ4n) is 1.37. The van der Waals surface area contributed by atoms with Gasteiger partial charge < -0.3 is 5.32 Å². The molecule has 0 radical (unpaired) electrons. The van der Waals surface area contributed by atoms with Crippen LogP contribution in [0.1, 0.15) is 24.1 Å². The van der Waals surface area contributed by atoms with Gasteiger partial charge in [-0.1, -0.05) is 37.1 Å². The van der Waals surface area contributed by atoms with Crippen molar-refractivity contribution in [3.8, 4) is 12.3 Å². The highest BCUT2D eigenvalue weighted by molar-refractivity contribution is 5.33. The maximum absolute atomic E-state index is 5.45. The average Bonchev–Trinajstić information content (AvgIpc) is 2.16. The van der Waals surface area contributed by atoms with Gasteiger partial charge in [0, 0.05) is 0 Å². The summed E-state index contributed by atoms with van der Waals surface area (Å²) in [6.45, 7) is 5.03. The lowest BCUT2D eigenvalue weighted by molar-refractivity contribution is 0.662. The van der Waals surface area contributed by atoms with E-state index in [0.29, 0.717) is 0 Å². The van der Waals surface area contributed by atoms with E-state index in [1.54, 1.807) is 0 Å². The summed E-state index contributed by atoms with van der Waals surface area (Å²) in [4.78, 5) is 0. The Morgan fingerprint density at radius 2 is 2.15 bits per heavy atom. The summed E-state index contributed by atoms with van der Waals surface area (Å²) in [6.07, 6.45) is 5.45. The van der Waals surface area contributed by atoms with Crippen LogP contribution in [0.2, 0.25) is 0 Å². The molecule has 0 spiro atoms. The number of terminal acetylenes is 1. The lowest BCUT2D eigenvalue weighted by atomic mass is 10.0. The van der Waals surface area contributed by atoms with Gasteiger partial charge in [0.2, 0.25) is 0 Å². The van der Waals surface area contributed by atoms with Crippen molar-refractivity contribution in [2.45, 2.75) is 19.9 Å². The lowest BCUT2D eigenvalue weighted by Gasteiger charge is -2.13. The topological polar surface area (TPSA) is 12.0 Å². The highest BCUT2D eigenvalue weighted by Crippen LogP contribution is 2.15. The van der Waals surface area contributed by atoms with Crippen molar-refractivity contribution in [3.63, 3.8) is 0 Å². The zero-order valence-corrected chi connectivity index (χ0v) is 8.17. The van der Waals surface area contributed by atoms with Gasteiger partial charge in [0.15, 0.2) is 0 Å². The van der Waals surface area contributed by atoms with E-state index in [9.17, 15) is 0 Å². The van der Waals surface area contributed by atoms with Crippen LogP contribution in [0.5, 0.6) is 0 Å². The molecule has 0 aliphatic carbocycles. The third-order valence-electron chi connectivity index (χ3n) is 2.07. The minimum absolute atomic E-state index is 0.0474. The molecule has 1 nitrogen and oxygen atoms in total. The number of rotatable bonds is 3. The summed E-state index contributed by atoms with van der Waals surface area (Å²) in [5.74, 6) is 2.75. The molecule has 1 aromatic carbocycles. The van der Waals surface area contributed by atoms with Crippen molar-refractivity contribution < 1.29 is 0 Å². The minimum Gasteiger partial charge on any atom is -0.300 e. The quantitative estimate of drug-likeness (QED) is 0.691. The first-order valence-corrected chi connectivity index (χ1v) is 4.54. The molecular formula is C12H15N. The van der Waals surface area contributed by atoms with Gasteiger partial charge in [-0.05, 0) is 24.6 Å². The molecule has 1 N–H and O–H groups in total. The summed E-state index contributed by atoms with van der Waals surface area (Å²) in [6, 6.07) is 8.24. The van der Waals surface area contributed by atoms with Gasteiger partial charge in [0.05, 0.1) is 6.04 Å². The maximum Gasteiger partial charge on any atom is 0.0945 e. The predicted molar refractivity (Wildman–Crippen MR) is 56.4 cm³/mol. The van der Waals surface area contributed by atoms with Crippen LogP contribution in [-0.4, -0.2) is 6.54 Å². The van der Waals surface area contributed by atoms with Crippen molar-refractivity contribution in [2.75, 3.05) is 6.54 Å². The molecule has 1 rings (SSSR count). The molecule has 1 atom stereocenters. The maximum atomic E-state index is 5.45. The van der Waals surface area contributed by atoms with Crippen molar-refractivity contribution >= 4 is 0 Å². The second-order valence-corrected chi connectivity index (χ2v) is 3.01. The van der Waals surface area contributed by atoms with Crippen LogP contribution >= 0.6 is 0 Å². The number of aryl methyl sites for hydroxylation is 1. The minimum atomic E-state index is 0.0474. The number of hydrogen-bond donors (Lipinski definition) is 1. The highest BCUT2D eigenvalue weighted by Gasteiger charge is 2.07. The van der Waals surface area contributed by atoms with Crippen LogP contribution in [0.25, 0.3) is 0 Å². The van der Waals surface area contributed by atoms with Gasteiger partial charge in [-0.3, -0.25) is 0 Å². The van der Waals surface area contributed by atoms with E-state index in [0.717, 1.165) is 6.54 Å². The van der Waals surface area contributed by atoms with Crippen molar-refractivity contribution in [3.05, 3.63) is 35.4 Å². The van der Waals surface area contributed by atoms with Gasteiger partial charge in [0.25, 0.3) is 0 Å². The number of benzene rings is 1. The smallest absolute Gasteiger partial charge is 0.0945 e. The fraction of sp³-hybridized carbons (Fsp3) is 0.333. The molecule has 1 unspecified atom stereocenters. The van der Waals surface area contributed by atoms with E-state index < -0.39 is 0 Å². The molecule has 0 saturated carbocycles. The zero-order chi connectivity index (χ0) is 9.68. The number of hydrogen-bond acceptors (Lipinski definition) is 1. The average molecular weight is 173 g/mol. The molecule has 0 amide bonds. The van der Waals surface area contributed by atoms with E-state index in [4.69, 9.17) is 6.42 Å². The summed E-state index contributed by atoms with van der Waals surface area (Å²) >= 11 is 0. The Bertz CT molecular complexity index is 309. The Morgan fingerprint density at radius 3 is 2.69 bits per heavy atom. The standard InChI is InChI=1S/C12H15N/c1-4-12(13-5-2)11-9-7-6-8-10(11)3/h1,6-9,12-13H,5H2,2-3H3. The van der Waals surface area contributed by atoms with Crippen molar-refractivity contribution in [1.82, 2.24) is 5.32 Å². The summed E-state index contributed by atoms with van der Waals surface area (Å²) in [5, 5.41) is 3.25. The molecule has 13 heavy (non-hydrogen) atoms. The molecule has 0 aliphatic heterocycles. The third-order valence-corrected chi connectivity index (χ3v) is 2.07. The molecule has 1 heteroatoms. The largest absolute Gasteiger partial charge is 0.300 e. The Kier molecular flexibility index (Phi) is 3.54. The van der Waals surface area contributed by atoms with E-state index in [1.807, 2.05) is 12.1 Å². The van der Waals surface area contributed by atoms with E-state index in [-0.39, 0.29) is 6.04 Å². The Labute approximate surface area is 80.2 Å². The Hall–Kier alpha value is -1.26.